The standard InChI is InChI=1S/C56H46N4O/c57-34-46-33-54-55(48-15-8-7-14-47(46)48)50-17-9-16-49(56(50)61-54)53-29-26-40(37-60-53)20-23-43-31-41(21-18-38-24-27-51(58-35-38)44-10-3-1-4-11-44)30-42(32-43)22-19-39-25-28-52(59-36-39)45-12-5-2-6-13-45/h1-6,9-13,16-17,24-33,35-37H,7-8,14-15,18-23H2/i14D2,15D2,18D2,19D2,20D2,21D2,22D2,23D2,33D. The van der Waals surface area contributed by atoms with Gasteiger partial charge in [0.15, 0.2) is 0 Å². The van der Waals surface area contributed by atoms with Gasteiger partial charge in [0, 0.05) is 68.0 Å². The lowest BCUT2D eigenvalue weighted by Gasteiger charge is -2.17. The predicted octanol–water partition coefficient (Wildman–Crippen LogP) is 12.9. The number of benzene rings is 5. The summed E-state index contributed by atoms with van der Waals surface area (Å²) in [5.74, 6) is 0. The molecule has 0 radical (unpaired) electrons. The van der Waals surface area contributed by atoms with E-state index in [4.69, 9.17) is 11.3 Å². The van der Waals surface area contributed by atoms with Gasteiger partial charge in [0.05, 0.1) is 30.1 Å². The van der Waals surface area contributed by atoms with Gasteiger partial charge < -0.3 is 4.42 Å². The molecule has 5 aromatic carbocycles. The Hall–Kier alpha value is -7.16. The van der Waals surface area contributed by atoms with E-state index in [1.54, 1.807) is 66.7 Å². The molecule has 10 rings (SSSR count). The van der Waals surface area contributed by atoms with Crippen LogP contribution in [-0.2, 0) is 51.0 Å². The van der Waals surface area contributed by atoms with Gasteiger partial charge in [-0.15, -0.1) is 0 Å². The van der Waals surface area contributed by atoms with Crippen molar-refractivity contribution in [1.29, 1.82) is 5.26 Å². The molecule has 1 aliphatic rings. The first-order valence-corrected chi connectivity index (χ1v) is 19.7. The fraction of sp³-hybridized carbons (Fsp3) is 0.179. The summed E-state index contributed by atoms with van der Waals surface area (Å²) >= 11 is 0. The molecule has 0 bridgehead atoms. The van der Waals surface area contributed by atoms with Gasteiger partial charge in [-0.1, -0.05) is 109 Å². The largest absolute Gasteiger partial charge is 0.455 e. The van der Waals surface area contributed by atoms with Gasteiger partial charge in [-0.05, 0) is 139 Å². The summed E-state index contributed by atoms with van der Waals surface area (Å²) in [4.78, 5) is 13.3. The molecule has 0 fully saturated rings. The fourth-order valence-corrected chi connectivity index (χ4v) is 7.29. The van der Waals surface area contributed by atoms with Crippen molar-refractivity contribution in [1.82, 2.24) is 15.0 Å². The number of aryl methyl sites for hydroxylation is 7. The highest BCUT2D eigenvalue weighted by Gasteiger charge is 2.22. The molecule has 5 heteroatoms. The maximum absolute atomic E-state index is 10.2. The second-order valence-electron chi connectivity index (χ2n) is 14.3. The maximum atomic E-state index is 10.2. The first-order valence-electron chi connectivity index (χ1n) is 28.2. The summed E-state index contributed by atoms with van der Waals surface area (Å²) in [5, 5.41) is 10.6. The van der Waals surface area contributed by atoms with E-state index in [2.05, 4.69) is 15.0 Å². The fourth-order valence-electron chi connectivity index (χ4n) is 7.29. The molecule has 9 aromatic rings. The lowest BCUT2D eigenvalue weighted by Crippen LogP contribution is -2.05. The third-order valence-corrected chi connectivity index (χ3v) is 10.2. The third-order valence-electron chi connectivity index (χ3n) is 10.2. The number of furan rings is 1. The highest BCUT2D eigenvalue weighted by Crippen LogP contribution is 2.41. The Kier molecular flexibility index (Phi) is 6.65. The Morgan fingerprint density at radius 1 is 0.557 bits per heavy atom. The summed E-state index contributed by atoms with van der Waals surface area (Å²) in [6.45, 7) is 0. The monoisotopic (exact) mass is 807 g/mol. The molecule has 4 heterocycles. The molecule has 0 spiro atoms. The van der Waals surface area contributed by atoms with Crippen LogP contribution < -0.4 is 0 Å². The van der Waals surface area contributed by atoms with Crippen molar-refractivity contribution in [2.75, 3.05) is 0 Å². The summed E-state index contributed by atoms with van der Waals surface area (Å²) in [7, 11) is 0. The van der Waals surface area contributed by atoms with Crippen LogP contribution in [0.15, 0.2) is 163 Å². The van der Waals surface area contributed by atoms with Crippen LogP contribution >= 0.6 is 0 Å². The Morgan fingerprint density at radius 2 is 1.05 bits per heavy atom. The number of nitrogens with zero attached hydrogens (tertiary/aromatic N) is 4. The van der Waals surface area contributed by atoms with Crippen LogP contribution in [0.25, 0.3) is 55.7 Å². The van der Waals surface area contributed by atoms with Crippen LogP contribution in [-0.4, -0.2) is 15.0 Å². The second-order valence-corrected chi connectivity index (χ2v) is 14.3. The predicted molar refractivity (Wildman–Crippen MR) is 246 cm³/mol. The number of nitriles is 1. The first-order chi connectivity index (χ1) is 36.6. The SMILES string of the molecule is [2H]c1c(C#N)c2c(c3c1oc1c(-c4ccc(C([2H])([2H])C([2H])([2H])c5cc(C([2H])([2H])C([2H])([2H])c6ccc(-c7ccccc7)nc6)cc(C([2H])([2H])C([2H])([2H])c6ccc(-c7ccccc7)nc6)c5)cn4)cccc13)C([2H])([2H])CCC2([2H])[2H]. The van der Waals surface area contributed by atoms with Gasteiger partial charge in [-0.2, -0.15) is 5.26 Å². The van der Waals surface area contributed by atoms with Crippen LogP contribution in [0.3, 0.4) is 0 Å². The van der Waals surface area contributed by atoms with E-state index < -0.39 is 73.7 Å². The van der Waals surface area contributed by atoms with E-state index >= 15 is 0 Å². The highest BCUT2D eigenvalue weighted by molar-refractivity contribution is 6.11. The van der Waals surface area contributed by atoms with Crippen LogP contribution in [0.2, 0.25) is 0 Å². The minimum absolute atomic E-state index is 0.0828. The molecule has 0 N–H and O–H groups in total. The van der Waals surface area contributed by atoms with Crippen LogP contribution in [0.4, 0.5) is 0 Å². The van der Waals surface area contributed by atoms with E-state index in [0.29, 0.717) is 27.9 Å². The number of aromatic nitrogens is 3. The minimum Gasteiger partial charge on any atom is -0.455 e. The Balaban J connectivity index is 1.07. The minimum atomic E-state index is -3.21. The van der Waals surface area contributed by atoms with E-state index in [1.165, 1.54) is 48.8 Å². The van der Waals surface area contributed by atoms with Crippen LogP contribution in [0.1, 0.15) is 86.2 Å². The van der Waals surface area contributed by atoms with E-state index in [0.717, 1.165) is 24.4 Å². The molecule has 4 aromatic heterocycles. The molecule has 5 nitrogen and oxygen atoms in total. The van der Waals surface area contributed by atoms with Crippen molar-refractivity contribution < 1.29 is 27.7 Å². The zero-order valence-corrected chi connectivity index (χ0v) is 32.5. The quantitative estimate of drug-likeness (QED) is 0.123. The zero-order valence-electron chi connectivity index (χ0n) is 49.5. The molecular formula is C56H46N4O. The summed E-state index contributed by atoms with van der Waals surface area (Å²) in [5.41, 5.74) is -0.530. The number of para-hydroxylation sites is 1. The molecule has 1 aliphatic carbocycles. The van der Waals surface area contributed by atoms with Crippen molar-refractivity contribution in [3.05, 3.63) is 208 Å². The van der Waals surface area contributed by atoms with E-state index in [-0.39, 0.29) is 74.0 Å². The average Bonchev–Trinajstić information content (AvgIpc) is 4.02. The van der Waals surface area contributed by atoms with Gasteiger partial charge in [0.2, 0.25) is 0 Å². The summed E-state index contributed by atoms with van der Waals surface area (Å²) in [6.07, 6.45) is -19.7. The zero-order chi connectivity index (χ0) is 56.2. The van der Waals surface area contributed by atoms with Gasteiger partial charge in [0.1, 0.15) is 11.2 Å². The Morgan fingerprint density at radius 3 is 1.54 bits per heavy atom. The molecule has 296 valence electrons. The Bertz CT molecular complexity index is 3700. The number of pyridine rings is 3. The van der Waals surface area contributed by atoms with Crippen molar-refractivity contribution >= 4 is 21.9 Å². The molecule has 0 aliphatic heterocycles. The molecule has 61 heavy (non-hydrogen) atoms. The molecule has 0 saturated heterocycles. The molecular weight excluding hydrogens is 745 g/mol. The molecule has 0 saturated carbocycles. The lowest BCUT2D eigenvalue weighted by atomic mass is 9.85. The summed E-state index contributed by atoms with van der Waals surface area (Å²) < 4.78 is 163. The van der Waals surface area contributed by atoms with Crippen molar-refractivity contribution in [2.24, 2.45) is 0 Å². The number of fused-ring (bicyclic) bond motifs is 5. The van der Waals surface area contributed by atoms with Gasteiger partial charge in [0.25, 0.3) is 0 Å². The van der Waals surface area contributed by atoms with Gasteiger partial charge >= 0.3 is 0 Å². The number of hydrogen-bond donors (Lipinski definition) is 0. The van der Waals surface area contributed by atoms with Gasteiger partial charge in [-0.3, -0.25) is 15.0 Å². The van der Waals surface area contributed by atoms with E-state index in [9.17, 15) is 21.7 Å². The van der Waals surface area contributed by atoms with Crippen LogP contribution in [0.5, 0.6) is 0 Å². The second kappa shape index (κ2) is 17.2. The number of hydrogen-bond acceptors (Lipinski definition) is 5. The number of rotatable bonds is 12. The van der Waals surface area contributed by atoms with E-state index in [1.807, 2.05) is 18.2 Å². The molecule has 0 amide bonds. The molecule has 0 unspecified atom stereocenters. The first kappa shape index (κ1) is 23.6. The van der Waals surface area contributed by atoms with Crippen molar-refractivity contribution in [3.8, 4) is 39.8 Å². The lowest BCUT2D eigenvalue weighted by molar-refractivity contribution is 0.663. The topological polar surface area (TPSA) is 75.6 Å². The highest BCUT2D eigenvalue weighted by atomic mass is 16.3. The summed E-state index contributed by atoms with van der Waals surface area (Å²) in [6, 6.07) is 35.4. The molecule has 0 atom stereocenters. The van der Waals surface area contributed by atoms with Crippen LogP contribution in [0, 0.1) is 11.3 Å². The maximum Gasteiger partial charge on any atom is 0.144 e. The van der Waals surface area contributed by atoms with Gasteiger partial charge in [-0.25, -0.2) is 0 Å². The van der Waals surface area contributed by atoms with Crippen molar-refractivity contribution in [3.63, 3.8) is 0 Å². The average molecular weight is 808 g/mol. The third kappa shape index (κ3) is 8.23. The normalized spacial score (nSPS) is 19.6. The Labute approximate surface area is 381 Å². The van der Waals surface area contributed by atoms with Crippen molar-refractivity contribution in [2.45, 2.75) is 63.8 Å². The smallest absolute Gasteiger partial charge is 0.144 e.